The zero-order chi connectivity index (χ0) is 15.5. The first-order valence-electron chi connectivity index (χ1n) is 7.33. The summed E-state index contributed by atoms with van der Waals surface area (Å²) in [6, 6.07) is 2.32. The molecular weight excluding hydrogens is 281 g/mol. The van der Waals surface area contributed by atoms with Gasteiger partial charge in [0.15, 0.2) is 0 Å². The van der Waals surface area contributed by atoms with Gasteiger partial charge in [0.25, 0.3) is 0 Å². The van der Waals surface area contributed by atoms with Gasteiger partial charge in [0.05, 0.1) is 11.2 Å². The summed E-state index contributed by atoms with van der Waals surface area (Å²) in [5.74, 6) is -0.0852. The predicted octanol–water partition coefficient (Wildman–Crippen LogP) is 4.25. The summed E-state index contributed by atoms with van der Waals surface area (Å²) >= 11 is 0. The molecule has 0 amide bonds. The fraction of sp³-hybridized carbons (Fsp3) is 0.667. The molecule has 1 unspecified atom stereocenters. The Morgan fingerprint density at radius 3 is 2.71 bits per heavy atom. The molecule has 1 aromatic heterocycles. The molecule has 118 valence electrons. The zero-order valence-electron chi connectivity index (χ0n) is 12.3. The van der Waals surface area contributed by atoms with Crippen LogP contribution >= 0.6 is 0 Å². The zero-order valence-corrected chi connectivity index (χ0v) is 12.3. The summed E-state index contributed by atoms with van der Waals surface area (Å²) in [5, 5.41) is 2.97. The number of anilines is 1. The number of hydrogen-bond acceptors (Lipinski definition) is 3. The summed E-state index contributed by atoms with van der Waals surface area (Å²) in [6.07, 6.45) is 0.0910. The predicted molar refractivity (Wildman–Crippen MR) is 75.1 cm³/mol. The fourth-order valence-electron chi connectivity index (χ4n) is 2.84. The fourth-order valence-corrected chi connectivity index (χ4v) is 2.84. The van der Waals surface area contributed by atoms with Crippen LogP contribution in [0.2, 0.25) is 0 Å². The Kier molecular flexibility index (Phi) is 4.76. The molecule has 21 heavy (non-hydrogen) atoms. The standard InChI is InChI=1S/C15H21F3N2O/c1-3-14(4-2)10-11(7-9-21-14)20-13-12(15(16,17)18)6-5-8-19-13/h5-6,8,11H,3-4,7,9-10H2,1-2H3,(H,19,20). The summed E-state index contributed by atoms with van der Waals surface area (Å²) in [7, 11) is 0. The maximum atomic E-state index is 13.0. The minimum absolute atomic E-state index is 0.0466. The molecule has 0 bridgehead atoms. The normalized spacial score (nSPS) is 22.0. The first kappa shape index (κ1) is 16.1. The van der Waals surface area contributed by atoms with Crippen molar-refractivity contribution >= 4 is 5.82 Å². The van der Waals surface area contributed by atoms with Crippen LogP contribution in [0.15, 0.2) is 18.3 Å². The van der Waals surface area contributed by atoms with E-state index >= 15 is 0 Å². The van der Waals surface area contributed by atoms with Crippen LogP contribution in [-0.2, 0) is 10.9 Å². The Morgan fingerprint density at radius 2 is 2.10 bits per heavy atom. The van der Waals surface area contributed by atoms with E-state index in [1.807, 2.05) is 13.8 Å². The third kappa shape index (κ3) is 3.67. The van der Waals surface area contributed by atoms with Crippen molar-refractivity contribution in [2.45, 2.75) is 57.3 Å². The quantitative estimate of drug-likeness (QED) is 0.903. The van der Waals surface area contributed by atoms with Gasteiger partial charge in [-0.1, -0.05) is 13.8 Å². The lowest BCUT2D eigenvalue weighted by Gasteiger charge is -2.40. The second-order valence-corrected chi connectivity index (χ2v) is 5.47. The number of aromatic nitrogens is 1. The minimum atomic E-state index is -4.39. The lowest BCUT2D eigenvalue weighted by Crippen LogP contribution is -2.44. The smallest absolute Gasteiger partial charge is 0.375 e. The van der Waals surface area contributed by atoms with Crippen molar-refractivity contribution in [3.63, 3.8) is 0 Å². The van der Waals surface area contributed by atoms with E-state index in [0.717, 1.165) is 18.9 Å². The molecule has 2 heterocycles. The number of rotatable bonds is 4. The summed E-state index contributed by atoms with van der Waals surface area (Å²) in [4.78, 5) is 3.87. The van der Waals surface area contributed by atoms with Gasteiger partial charge in [-0.25, -0.2) is 4.98 Å². The number of halogens is 3. The van der Waals surface area contributed by atoms with Crippen molar-refractivity contribution in [3.05, 3.63) is 23.9 Å². The van der Waals surface area contributed by atoms with E-state index in [2.05, 4.69) is 10.3 Å². The largest absolute Gasteiger partial charge is 0.419 e. The van der Waals surface area contributed by atoms with Gasteiger partial charge in [0, 0.05) is 18.8 Å². The van der Waals surface area contributed by atoms with Crippen LogP contribution in [0, 0.1) is 0 Å². The van der Waals surface area contributed by atoms with E-state index < -0.39 is 11.7 Å². The molecule has 0 aliphatic carbocycles. The number of nitrogens with zero attached hydrogens (tertiary/aromatic N) is 1. The highest BCUT2D eigenvalue weighted by Gasteiger charge is 2.37. The van der Waals surface area contributed by atoms with Crippen molar-refractivity contribution in [1.29, 1.82) is 0 Å². The average Bonchev–Trinajstić information content (AvgIpc) is 2.47. The van der Waals surface area contributed by atoms with Crippen LogP contribution in [-0.4, -0.2) is 23.2 Å². The van der Waals surface area contributed by atoms with Gasteiger partial charge < -0.3 is 10.1 Å². The SMILES string of the molecule is CCC1(CC)CC(Nc2ncccc2C(F)(F)F)CCO1. The van der Waals surface area contributed by atoms with Crippen LogP contribution < -0.4 is 5.32 Å². The molecule has 0 aromatic carbocycles. The Hall–Kier alpha value is -1.30. The third-order valence-corrected chi connectivity index (χ3v) is 4.24. The maximum absolute atomic E-state index is 13.0. The highest BCUT2D eigenvalue weighted by atomic mass is 19.4. The van der Waals surface area contributed by atoms with Crippen molar-refractivity contribution in [2.75, 3.05) is 11.9 Å². The third-order valence-electron chi connectivity index (χ3n) is 4.24. The van der Waals surface area contributed by atoms with Crippen molar-refractivity contribution < 1.29 is 17.9 Å². The van der Waals surface area contributed by atoms with E-state index in [0.29, 0.717) is 19.4 Å². The molecule has 6 heteroatoms. The van der Waals surface area contributed by atoms with Crippen LogP contribution in [0.3, 0.4) is 0 Å². The van der Waals surface area contributed by atoms with Crippen molar-refractivity contribution in [2.24, 2.45) is 0 Å². The van der Waals surface area contributed by atoms with E-state index in [4.69, 9.17) is 4.74 Å². The molecule has 1 aliphatic rings. The van der Waals surface area contributed by atoms with Gasteiger partial charge in [-0.05, 0) is 37.8 Å². The number of nitrogens with one attached hydrogen (secondary N) is 1. The second-order valence-electron chi connectivity index (χ2n) is 5.47. The average molecular weight is 302 g/mol. The Bertz CT molecular complexity index is 472. The van der Waals surface area contributed by atoms with Gasteiger partial charge in [0.1, 0.15) is 5.82 Å². The van der Waals surface area contributed by atoms with E-state index in [1.165, 1.54) is 12.3 Å². The van der Waals surface area contributed by atoms with Gasteiger partial charge in [-0.2, -0.15) is 13.2 Å². The molecule has 0 spiro atoms. The molecule has 0 saturated carbocycles. The lowest BCUT2D eigenvalue weighted by molar-refractivity contribution is -0.137. The van der Waals surface area contributed by atoms with Gasteiger partial charge in [-0.15, -0.1) is 0 Å². The molecule has 0 radical (unpaired) electrons. The van der Waals surface area contributed by atoms with Gasteiger partial charge in [-0.3, -0.25) is 0 Å². The number of hydrogen-bond donors (Lipinski definition) is 1. The van der Waals surface area contributed by atoms with Crippen molar-refractivity contribution in [1.82, 2.24) is 4.98 Å². The first-order chi connectivity index (χ1) is 9.90. The monoisotopic (exact) mass is 302 g/mol. The summed E-state index contributed by atoms with van der Waals surface area (Å²) in [6.45, 7) is 4.66. The van der Waals surface area contributed by atoms with Crippen LogP contribution in [0.25, 0.3) is 0 Å². The van der Waals surface area contributed by atoms with E-state index in [9.17, 15) is 13.2 Å². The first-order valence-corrected chi connectivity index (χ1v) is 7.33. The molecular formula is C15H21F3N2O. The van der Waals surface area contributed by atoms with Crippen molar-refractivity contribution in [3.8, 4) is 0 Å². The van der Waals surface area contributed by atoms with Crippen LogP contribution in [0.1, 0.15) is 45.1 Å². The Labute approximate surface area is 122 Å². The molecule has 1 atom stereocenters. The molecule has 2 rings (SSSR count). The summed E-state index contributed by atoms with van der Waals surface area (Å²) < 4.78 is 44.8. The van der Waals surface area contributed by atoms with Crippen LogP contribution in [0.5, 0.6) is 0 Å². The molecule has 1 fully saturated rings. The molecule has 1 aliphatic heterocycles. The number of ether oxygens (including phenoxy) is 1. The molecule has 1 N–H and O–H groups in total. The number of alkyl halides is 3. The second kappa shape index (κ2) is 6.22. The molecule has 3 nitrogen and oxygen atoms in total. The Morgan fingerprint density at radius 1 is 1.38 bits per heavy atom. The van der Waals surface area contributed by atoms with Gasteiger partial charge >= 0.3 is 6.18 Å². The Balaban J connectivity index is 2.15. The molecule has 1 aromatic rings. The highest BCUT2D eigenvalue weighted by Crippen LogP contribution is 2.36. The topological polar surface area (TPSA) is 34.2 Å². The summed E-state index contributed by atoms with van der Waals surface area (Å²) in [5.41, 5.74) is -0.946. The van der Waals surface area contributed by atoms with E-state index in [-0.39, 0.29) is 17.5 Å². The lowest BCUT2D eigenvalue weighted by atomic mass is 9.86. The van der Waals surface area contributed by atoms with E-state index in [1.54, 1.807) is 0 Å². The van der Waals surface area contributed by atoms with Crippen LogP contribution in [0.4, 0.5) is 19.0 Å². The van der Waals surface area contributed by atoms with Gasteiger partial charge in [0.2, 0.25) is 0 Å². The minimum Gasteiger partial charge on any atom is -0.375 e. The highest BCUT2D eigenvalue weighted by molar-refractivity contribution is 5.46. The number of pyridine rings is 1. The molecule has 1 saturated heterocycles. The maximum Gasteiger partial charge on any atom is 0.419 e.